The van der Waals surface area contributed by atoms with Crippen LogP contribution >= 0.6 is 22.7 Å². The summed E-state index contributed by atoms with van der Waals surface area (Å²) in [6, 6.07) is 0.239. The second-order valence-electron chi connectivity index (χ2n) is 4.17. The van der Waals surface area contributed by atoms with Crippen LogP contribution in [-0.2, 0) is 12.8 Å². The molecular weight excluding hydrogens is 250 g/mol. The summed E-state index contributed by atoms with van der Waals surface area (Å²) >= 11 is 3.57. The molecule has 0 radical (unpaired) electrons. The smallest absolute Gasteiger partial charge is 0.116 e. The van der Waals surface area contributed by atoms with Crippen molar-refractivity contribution in [1.82, 2.24) is 15.3 Å². The van der Waals surface area contributed by atoms with Crippen LogP contribution in [0.4, 0.5) is 0 Å². The van der Waals surface area contributed by atoms with Gasteiger partial charge in [0.1, 0.15) is 5.01 Å². The highest BCUT2D eigenvalue weighted by Gasteiger charge is 2.23. The molecule has 2 aromatic heterocycles. The number of nitrogens with one attached hydrogen (secondary N) is 1. The lowest BCUT2D eigenvalue weighted by molar-refractivity contribution is 0.633. The van der Waals surface area contributed by atoms with Gasteiger partial charge >= 0.3 is 0 Å². The zero-order chi connectivity index (χ0) is 11.7. The summed E-state index contributed by atoms with van der Waals surface area (Å²) in [5.74, 6) is 0. The number of aryl methyl sites for hydroxylation is 2. The molecule has 0 saturated carbocycles. The van der Waals surface area contributed by atoms with Crippen LogP contribution < -0.4 is 5.32 Å². The Kier molecular flexibility index (Phi) is 3.22. The monoisotopic (exact) mass is 265 g/mol. The molecule has 0 aliphatic heterocycles. The minimum Gasteiger partial charge on any atom is -0.304 e. The Balaban J connectivity index is 1.92. The maximum Gasteiger partial charge on any atom is 0.116 e. The van der Waals surface area contributed by atoms with Crippen LogP contribution in [0.25, 0.3) is 0 Å². The maximum absolute atomic E-state index is 4.80. The Hall–Kier alpha value is -0.780. The normalized spacial score (nSPS) is 16.1. The van der Waals surface area contributed by atoms with Crippen LogP contribution in [0.3, 0.4) is 0 Å². The van der Waals surface area contributed by atoms with Crippen molar-refractivity contribution in [2.45, 2.75) is 32.2 Å². The van der Waals surface area contributed by atoms with E-state index in [2.05, 4.69) is 17.2 Å². The molecule has 3 nitrogen and oxygen atoms in total. The van der Waals surface area contributed by atoms with E-state index in [0.717, 1.165) is 13.0 Å². The summed E-state index contributed by atoms with van der Waals surface area (Å²) in [5.41, 5.74) is 3.22. The van der Waals surface area contributed by atoms with Crippen molar-refractivity contribution in [3.8, 4) is 0 Å². The average molecular weight is 265 g/mol. The number of thiazole rings is 2. The van der Waals surface area contributed by atoms with Crippen molar-refractivity contribution in [2.75, 3.05) is 6.54 Å². The van der Waals surface area contributed by atoms with E-state index in [1.54, 1.807) is 11.3 Å². The predicted octanol–water partition coefficient (Wildman–Crippen LogP) is 2.79. The zero-order valence-electron chi connectivity index (χ0n) is 9.77. The van der Waals surface area contributed by atoms with Crippen molar-refractivity contribution in [1.29, 1.82) is 0 Å². The van der Waals surface area contributed by atoms with Crippen LogP contribution in [0.1, 0.15) is 39.8 Å². The van der Waals surface area contributed by atoms with Crippen molar-refractivity contribution in [3.63, 3.8) is 0 Å². The van der Waals surface area contributed by atoms with Crippen LogP contribution in [-0.4, -0.2) is 16.5 Å². The molecular formula is C12H15N3S2. The molecule has 2 aromatic rings. The van der Waals surface area contributed by atoms with E-state index >= 15 is 0 Å². The van der Waals surface area contributed by atoms with E-state index in [1.165, 1.54) is 33.3 Å². The number of nitrogens with zero attached hydrogens (tertiary/aromatic N) is 2. The summed E-state index contributed by atoms with van der Waals surface area (Å²) in [7, 11) is 0. The van der Waals surface area contributed by atoms with Crippen LogP contribution in [0.2, 0.25) is 0 Å². The first-order chi connectivity index (χ1) is 8.38. The average Bonchev–Trinajstić information content (AvgIpc) is 3.01. The predicted molar refractivity (Wildman–Crippen MR) is 71.8 cm³/mol. The molecule has 1 unspecified atom stereocenters. The summed E-state index contributed by atoms with van der Waals surface area (Å²) in [5, 5.41) is 4.72. The Morgan fingerprint density at radius 2 is 2.41 bits per heavy atom. The molecule has 0 fully saturated rings. The van der Waals surface area contributed by atoms with Crippen LogP contribution in [0, 0.1) is 0 Å². The van der Waals surface area contributed by atoms with Gasteiger partial charge in [-0.3, -0.25) is 4.98 Å². The lowest BCUT2D eigenvalue weighted by Gasteiger charge is -2.12. The van der Waals surface area contributed by atoms with Gasteiger partial charge in [-0.1, -0.05) is 6.92 Å². The van der Waals surface area contributed by atoms with Gasteiger partial charge in [0.15, 0.2) is 0 Å². The lowest BCUT2D eigenvalue weighted by Crippen LogP contribution is -2.21. The first-order valence-electron chi connectivity index (χ1n) is 5.98. The SMILES string of the molecule is CCNC(c1cncs1)c1nc2c(s1)CCC2. The first kappa shape index (κ1) is 11.3. The van der Waals surface area contributed by atoms with Gasteiger partial charge in [-0.05, 0) is 25.8 Å². The fraction of sp³-hybridized carbons (Fsp3) is 0.500. The molecule has 5 heteroatoms. The number of aromatic nitrogens is 2. The Morgan fingerprint density at radius 3 is 3.12 bits per heavy atom. The van der Waals surface area contributed by atoms with Crippen LogP contribution in [0.5, 0.6) is 0 Å². The van der Waals surface area contributed by atoms with E-state index in [0.29, 0.717) is 0 Å². The quantitative estimate of drug-likeness (QED) is 0.923. The number of rotatable bonds is 4. The summed E-state index contributed by atoms with van der Waals surface area (Å²) < 4.78 is 0. The Morgan fingerprint density at radius 1 is 1.47 bits per heavy atom. The third-order valence-electron chi connectivity index (χ3n) is 3.00. The lowest BCUT2D eigenvalue weighted by atomic mass is 10.2. The number of fused-ring (bicyclic) bond motifs is 1. The largest absolute Gasteiger partial charge is 0.304 e. The second-order valence-corrected chi connectivity index (χ2v) is 6.20. The molecule has 1 atom stereocenters. The third kappa shape index (κ3) is 2.14. The van der Waals surface area contributed by atoms with E-state index in [1.807, 2.05) is 23.0 Å². The standard InChI is InChI=1S/C12H15N3S2/c1-2-14-11(10-6-13-7-16-10)12-15-8-4-3-5-9(8)17-12/h6-7,11,14H,2-5H2,1H3. The molecule has 17 heavy (non-hydrogen) atoms. The fourth-order valence-electron chi connectivity index (χ4n) is 2.22. The molecule has 0 saturated heterocycles. The van der Waals surface area contributed by atoms with Gasteiger partial charge in [-0.25, -0.2) is 4.98 Å². The van der Waals surface area contributed by atoms with Crippen molar-refractivity contribution < 1.29 is 0 Å². The molecule has 90 valence electrons. The minimum atomic E-state index is 0.239. The Labute approximate surface area is 109 Å². The molecule has 1 aliphatic carbocycles. The highest BCUT2D eigenvalue weighted by atomic mass is 32.1. The van der Waals surface area contributed by atoms with Gasteiger partial charge in [-0.15, -0.1) is 22.7 Å². The number of hydrogen-bond donors (Lipinski definition) is 1. The van der Waals surface area contributed by atoms with E-state index in [9.17, 15) is 0 Å². The number of hydrogen-bond acceptors (Lipinski definition) is 5. The van der Waals surface area contributed by atoms with Gasteiger partial charge in [-0.2, -0.15) is 0 Å². The molecule has 2 heterocycles. The summed E-state index contributed by atoms with van der Waals surface area (Å²) in [6.07, 6.45) is 5.60. The highest BCUT2D eigenvalue weighted by molar-refractivity contribution is 7.12. The first-order valence-corrected chi connectivity index (χ1v) is 7.68. The summed E-state index contributed by atoms with van der Waals surface area (Å²) in [6.45, 7) is 3.09. The van der Waals surface area contributed by atoms with E-state index in [4.69, 9.17) is 4.98 Å². The third-order valence-corrected chi connectivity index (χ3v) is 5.07. The Bertz CT molecular complexity index is 468. The van der Waals surface area contributed by atoms with Gasteiger partial charge in [0.25, 0.3) is 0 Å². The minimum absolute atomic E-state index is 0.239. The second kappa shape index (κ2) is 4.84. The molecule has 0 amide bonds. The van der Waals surface area contributed by atoms with Gasteiger partial charge in [0.05, 0.1) is 17.2 Å². The van der Waals surface area contributed by atoms with Gasteiger partial charge in [0.2, 0.25) is 0 Å². The zero-order valence-corrected chi connectivity index (χ0v) is 11.4. The molecule has 0 aromatic carbocycles. The van der Waals surface area contributed by atoms with E-state index in [-0.39, 0.29) is 6.04 Å². The molecule has 1 N–H and O–H groups in total. The van der Waals surface area contributed by atoms with Crippen molar-refractivity contribution in [3.05, 3.63) is 32.2 Å². The summed E-state index contributed by atoms with van der Waals surface area (Å²) in [4.78, 5) is 11.7. The van der Waals surface area contributed by atoms with Gasteiger partial charge < -0.3 is 5.32 Å². The van der Waals surface area contributed by atoms with Crippen LogP contribution in [0.15, 0.2) is 11.7 Å². The topological polar surface area (TPSA) is 37.8 Å². The highest BCUT2D eigenvalue weighted by Crippen LogP contribution is 2.34. The molecule has 3 rings (SSSR count). The van der Waals surface area contributed by atoms with Crippen molar-refractivity contribution >= 4 is 22.7 Å². The van der Waals surface area contributed by atoms with Crippen molar-refractivity contribution in [2.24, 2.45) is 0 Å². The fourth-order valence-corrected chi connectivity index (χ4v) is 4.23. The molecule has 0 bridgehead atoms. The van der Waals surface area contributed by atoms with Gasteiger partial charge in [0, 0.05) is 16.0 Å². The molecule has 1 aliphatic rings. The maximum atomic E-state index is 4.80. The van der Waals surface area contributed by atoms with E-state index < -0.39 is 0 Å². The molecule has 0 spiro atoms.